The van der Waals surface area contributed by atoms with Gasteiger partial charge in [0.15, 0.2) is 0 Å². The average Bonchev–Trinajstić information content (AvgIpc) is 3.14. The van der Waals surface area contributed by atoms with Crippen molar-refractivity contribution >= 4 is 34.4 Å². The van der Waals surface area contributed by atoms with Crippen LogP contribution >= 0.6 is 11.8 Å². The van der Waals surface area contributed by atoms with E-state index in [1.54, 1.807) is 4.90 Å². The number of carbonyl (C=O) groups is 3. The molecule has 2 aliphatic rings. The highest BCUT2D eigenvalue weighted by Gasteiger charge is 2.36. The van der Waals surface area contributed by atoms with E-state index in [9.17, 15) is 14.4 Å². The molecular formula is C21H28N2O3S. The first kappa shape index (κ1) is 19.9. The van der Waals surface area contributed by atoms with Gasteiger partial charge in [0.2, 0.25) is 16.9 Å². The fraction of sp³-hybridized carbons (Fsp3) is 0.571. The maximum atomic E-state index is 12.9. The van der Waals surface area contributed by atoms with E-state index in [4.69, 9.17) is 0 Å². The normalized spacial score (nSPS) is 21.7. The second kappa shape index (κ2) is 8.46. The number of likely N-dealkylation sites (tertiary alicyclic amines) is 1. The maximum Gasteiger partial charge on any atom is 0.230 e. The average molecular weight is 389 g/mol. The van der Waals surface area contributed by atoms with E-state index < -0.39 is 0 Å². The maximum absolute atomic E-state index is 12.9. The van der Waals surface area contributed by atoms with Gasteiger partial charge < -0.3 is 10.2 Å². The highest BCUT2D eigenvalue weighted by atomic mass is 32.2. The summed E-state index contributed by atoms with van der Waals surface area (Å²) in [5.41, 5.74) is 0.344. The van der Waals surface area contributed by atoms with E-state index in [1.165, 1.54) is 13.3 Å². The molecule has 1 N–H and O–H groups in total. The fourth-order valence-corrected chi connectivity index (χ4v) is 5.03. The molecule has 0 aromatic heterocycles. The number of anilines is 1. The number of hydrogen-bond donors (Lipinski definition) is 1. The Labute approximate surface area is 165 Å². The summed E-state index contributed by atoms with van der Waals surface area (Å²) in [5.74, 6) is -0.0211. The molecule has 1 aromatic rings. The summed E-state index contributed by atoms with van der Waals surface area (Å²) in [6.07, 6.45) is 6.73. The third-order valence-electron chi connectivity index (χ3n) is 5.78. The van der Waals surface area contributed by atoms with Gasteiger partial charge in [0, 0.05) is 23.8 Å². The van der Waals surface area contributed by atoms with E-state index in [-0.39, 0.29) is 28.4 Å². The lowest BCUT2D eigenvalue weighted by atomic mass is 9.75. The smallest absolute Gasteiger partial charge is 0.230 e. The Morgan fingerprint density at radius 1 is 1.11 bits per heavy atom. The highest BCUT2D eigenvalue weighted by Crippen LogP contribution is 2.38. The highest BCUT2D eigenvalue weighted by molar-refractivity contribution is 8.14. The molecular weight excluding hydrogens is 360 g/mol. The Bertz CT molecular complexity index is 728. The first-order chi connectivity index (χ1) is 12.9. The molecule has 3 rings (SSSR count). The Kier molecular flexibility index (Phi) is 6.25. The lowest BCUT2D eigenvalue weighted by Crippen LogP contribution is -2.38. The summed E-state index contributed by atoms with van der Waals surface area (Å²) in [7, 11) is 0. The molecule has 1 aliphatic carbocycles. The van der Waals surface area contributed by atoms with E-state index in [0.29, 0.717) is 18.7 Å². The lowest BCUT2D eigenvalue weighted by molar-refractivity contribution is -0.133. The molecule has 1 saturated carbocycles. The molecule has 1 saturated heterocycles. The number of carbonyl (C=O) groups excluding carboxylic acids is 3. The fourth-order valence-electron chi connectivity index (χ4n) is 4.06. The number of hydrogen-bond acceptors (Lipinski definition) is 4. The van der Waals surface area contributed by atoms with Gasteiger partial charge in [-0.15, -0.1) is 0 Å². The van der Waals surface area contributed by atoms with Crippen LogP contribution in [0.5, 0.6) is 0 Å². The number of para-hydroxylation sites is 1. The Balaban J connectivity index is 1.71. The molecule has 1 atom stereocenters. The number of thioether (sulfide) groups is 1. The third kappa shape index (κ3) is 4.54. The Hall–Kier alpha value is -1.82. The second-order valence-electron chi connectivity index (χ2n) is 7.86. The minimum absolute atomic E-state index is 0.0340. The van der Waals surface area contributed by atoms with Crippen LogP contribution in [0.3, 0.4) is 0 Å². The number of amides is 2. The lowest BCUT2D eigenvalue weighted by Gasteiger charge is -2.32. The zero-order chi connectivity index (χ0) is 19.4. The van der Waals surface area contributed by atoms with Gasteiger partial charge in [-0.1, -0.05) is 38.3 Å². The van der Waals surface area contributed by atoms with E-state index in [1.807, 2.05) is 31.2 Å². The van der Waals surface area contributed by atoms with Crippen molar-refractivity contribution in [3.8, 4) is 0 Å². The summed E-state index contributed by atoms with van der Waals surface area (Å²) in [5, 5.41) is 3.02. The topological polar surface area (TPSA) is 66.5 Å². The number of rotatable bonds is 4. The molecule has 1 aromatic carbocycles. The van der Waals surface area contributed by atoms with Gasteiger partial charge in [-0.05, 0) is 49.6 Å². The zero-order valence-electron chi connectivity index (χ0n) is 16.1. The molecule has 0 bridgehead atoms. The molecule has 1 heterocycles. The Morgan fingerprint density at radius 2 is 1.81 bits per heavy atom. The molecule has 0 spiro atoms. The van der Waals surface area contributed by atoms with E-state index >= 15 is 0 Å². The van der Waals surface area contributed by atoms with Gasteiger partial charge in [-0.3, -0.25) is 14.4 Å². The van der Waals surface area contributed by atoms with Crippen LogP contribution in [0.4, 0.5) is 5.69 Å². The molecule has 2 amide bonds. The molecule has 1 aliphatic heterocycles. The SMILES string of the molecule is CC(=O)N1CCC[C@H]1C(=O)Sc1ccccc1NC(=O)C1(C)CCCCC1. The van der Waals surface area contributed by atoms with Crippen LogP contribution in [0.2, 0.25) is 0 Å². The van der Waals surface area contributed by atoms with Crippen molar-refractivity contribution in [1.29, 1.82) is 0 Å². The van der Waals surface area contributed by atoms with Crippen molar-refractivity contribution in [2.75, 3.05) is 11.9 Å². The van der Waals surface area contributed by atoms with Gasteiger partial charge in [0.1, 0.15) is 6.04 Å². The van der Waals surface area contributed by atoms with Gasteiger partial charge in [0.25, 0.3) is 0 Å². The van der Waals surface area contributed by atoms with Crippen LogP contribution in [-0.2, 0) is 14.4 Å². The third-order valence-corrected chi connectivity index (χ3v) is 6.83. The number of nitrogens with one attached hydrogen (secondary N) is 1. The van der Waals surface area contributed by atoms with Crippen LogP contribution in [0.25, 0.3) is 0 Å². The van der Waals surface area contributed by atoms with Crippen LogP contribution in [0.1, 0.15) is 58.8 Å². The summed E-state index contributed by atoms with van der Waals surface area (Å²) in [6.45, 7) is 4.18. The van der Waals surface area contributed by atoms with Crippen molar-refractivity contribution < 1.29 is 14.4 Å². The largest absolute Gasteiger partial charge is 0.332 e. The molecule has 0 radical (unpaired) electrons. The molecule has 27 heavy (non-hydrogen) atoms. The minimum atomic E-state index is -0.368. The van der Waals surface area contributed by atoms with Crippen molar-refractivity contribution in [2.24, 2.45) is 5.41 Å². The summed E-state index contributed by atoms with van der Waals surface area (Å²) >= 11 is 1.13. The standard InChI is InChI=1S/C21H28N2O3S/c1-15(24)23-14-8-10-17(23)19(25)27-18-11-5-4-9-16(18)22-20(26)21(2)12-6-3-7-13-21/h4-5,9,11,17H,3,6-8,10,12-14H2,1-2H3,(H,22,26)/t17-/m0/s1. The van der Waals surface area contributed by atoms with Gasteiger partial charge in [-0.25, -0.2) is 0 Å². The molecule has 5 nitrogen and oxygen atoms in total. The monoisotopic (exact) mass is 388 g/mol. The van der Waals surface area contributed by atoms with Gasteiger partial charge >= 0.3 is 0 Å². The minimum Gasteiger partial charge on any atom is -0.332 e. The van der Waals surface area contributed by atoms with E-state index in [0.717, 1.165) is 48.8 Å². The van der Waals surface area contributed by atoms with Crippen molar-refractivity contribution in [2.45, 2.75) is 69.7 Å². The first-order valence-corrected chi connectivity index (χ1v) is 10.6. The van der Waals surface area contributed by atoms with Gasteiger partial charge in [-0.2, -0.15) is 0 Å². The summed E-state index contributed by atoms with van der Waals surface area (Å²) in [4.78, 5) is 39.8. The van der Waals surface area contributed by atoms with Crippen LogP contribution < -0.4 is 5.32 Å². The Morgan fingerprint density at radius 3 is 2.52 bits per heavy atom. The zero-order valence-corrected chi connectivity index (χ0v) is 16.9. The predicted molar refractivity (Wildman–Crippen MR) is 108 cm³/mol. The van der Waals surface area contributed by atoms with Crippen LogP contribution in [0.15, 0.2) is 29.2 Å². The molecule has 2 fully saturated rings. The number of nitrogens with zero attached hydrogens (tertiary/aromatic N) is 1. The predicted octanol–water partition coefficient (Wildman–Crippen LogP) is 4.23. The van der Waals surface area contributed by atoms with Gasteiger partial charge in [0.05, 0.1) is 5.69 Å². The van der Waals surface area contributed by atoms with Crippen LogP contribution in [0, 0.1) is 5.41 Å². The quantitative estimate of drug-likeness (QED) is 0.784. The number of benzene rings is 1. The van der Waals surface area contributed by atoms with Crippen LogP contribution in [-0.4, -0.2) is 34.4 Å². The summed E-state index contributed by atoms with van der Waals surface area (Å²) in [6, 6.07) is 7.06. The molecule has 6 heteroatoms. The first-order valence-electron chi connectivity index (χ1n) is 9.80. The molecule has 146 valence electrons. The van der Waals surface area contributed by atoms with Crippen molar-refractivity contribution in [3.05, 3.63) is 24.3 Å². The molecule has 0 unspecified atom stereocenters. The van der Waals surface area contributed by atoms with E-state index in [2.05, 4.69) is 5.32 Å². The summed E-state index contributed by atoms with van der Waals surface area (Å²) < 4.78 is 0. The van der Waals surface area contributed by atoms with Crippen molar-refractivity contribution in [3.63, 3.8) is 0 Å². The van der Waals surface area contributed by atoms with Crippen molar-refractivity contribution in [1.82, 2.24) is 4.90 Å². The second-order valence-corrected chi connectivity index (χ2v) is 8.91.